The summed E-state index contributed by atoms with van der Waals surface area (Å²) in [5.41, 5.74) is 0.385. The van der Waals surface area contributed by atoms with Gasteiger partial charge in [0, 0.05) is 48.3 Å². The molecule has 0 saturated carbocycles. The third-order valence-corrected chi connectivity index (χ3v) is 6.75. The Morgan fingerprint density at radius 3 is 2.23 bits per heavy atom. The second kappa shape index (κ2) is 9.76. The molecule has 4 rings (SSSR count). The molecular formula is C22H27Cl2N3O4. The summed E-state index contributed by atoms with van der Waals surface area (Å²) in [4.78, 5) is 44.6. The van der Waals surface area contributed by atoms with Crippen LogP contribution in [-0.2, 0) is 14.3 Å². The predicted octanol–water partition coefficient (Wildman–Crippen LogP) is 2.70. The van der Waals surface area contributed by atoms with E-state index in [1.165, 1.54) is 0 Å². The van der Waals surface area contributed by atoms with Crippen LogP contribution in [0.25, 0.3) is 0 Å². The summed E-state index contributed by atoms with van der Waals surface area (Å²) >= 11 is 12.1. The zero-order valence-electron chi connectivity index (χ0n) is 17.4. The normalized spacial score (nSPS) is 24.4. The molecule has 1 aromatic carbocycles. The first-order valence-corrected chi connectivity index (χ1v) is 11.6. The zero-order valence-corrected chi connectivity index (χ0v) is 18.9. The summed E-state index contributed by atoms with van der Waals surface area (Å²) in [6.07, 6.45) is 2.96. The monoisotopic (exact) mass is 467 g/mol. The molecule has 3 aliphatic rings. The Hall–Kier alpha value is -1.83. The first kappa shape index (κ1) is 22.4. The number of morpholine rings is 1. The molecule has 2 unspecified atom stereocenters. The van der Waals surface area contributed by atoms with E-state index in [2.05, 4.69) is 0 Å². The van der Waals surface area contributed by atoms with Crippen molar-refractivity contribution in [1.29, 1.82) is 0 Å². The van der Waals surface area contributed by atoms with Gasteiger partial charge in [-0.2, -0.15) is 0 Å². The molecular weight excluding hydrogens is 441 g/mol. The molecule has 0 radical (unpaired) electrons. The van der Waals surface area contributed by atoms with Crippen molar-refractivity contribution >= 4 is 40.9 Å². The van der Waals surface area contributed by atoms with Crippen LogP contribution >= 0.6 is 23.2 Å². The van der Waals surface area contributed by atoms with Crippen molar-refractivity contribution in [3.63, 3.8) is 0 Å². The maximum absolute atomic E-state index is 13.4. The summed E-state index contributed by atoms with van der Waals surface area (Å²) in [6, 6.07) is 4.22. The van der Waals surface area contributed by atoms with Gasteiger partial charge in [0.25, 0.3) is 5.91 Å². The van der Waals surface area contributed by atoms with E-state index < -0.39 is 6.04 Å². The fraction of sp³-hybridized carbons (Fsp3) is 0.591. The van der Waals surface area contributed by atoms with E-state index in [1.807, 2.05) is 4.90 Å². The maximum atomic E-state index is 13.4. The number of halogens is 2. The number of rotatable bonds is 3. The Morgan fingerprint density at radius 1 is 0.839 bits per heavy atom. The summed E-state index contributed by atoms with van der Waals surface area (Å²) in [6.45, 7) is 3.89. The highest BCUT2D eigenvalue weighted by molar-refractivity contribution is 6.35. The van der Waals surface area contributed by atoms with Gasteiger partial charge in [0.05, 0.1) is 19.1 Å². The standard InChI is InChI=1S/C22H27Cl2N3O4/c23-17-11-16(12-18(24)13-17)21(29)27-6-2-4-19(27)22(30)26-5-1-3-15(14-26)20(28)25-7-9-31-10-8-25/h11-13,15,19H,1-10,14H2. The number of carbonyl (C=O) groups is 3. The van der Waals surface area contributed by atoms with Gasteiger partial charge in [0.2, 0.25) is 11.8 Å². The molecule has 31 heavy (non-hydrogen) atoms. The van der Waals surface area contributed by atoms with E-state index >= 15 is 0 Å². The minimum absolute atomic E-state index is 0.0709. The van der Waals surface area contributed by atoms with Crippen molar-refractivity contribution in [2.75, 3.05) is 45.9 Å². The molecule has 0 aromatic heterocycles. The van der Waals surface area contributed by atoms with Crippen molar-refractivity contribution < 1.29 is 19.1 Å². The minimum Gasteiger partial charge on any atom is -0.378 e. The number of benzene rings is 1. The largest absolute Gasteiger partial charge is 0.378 e. The Labute approximate surface area is 192 Å². The number of hydrogen-bond donors (Lipinski definition) is 0. The second-order valence-electron chi connectivity index (χ2n) is 8.38. The second-order valence-corrected chi connectivity index (χ2v) is 9.25. The lowest BCUT2D eigenvalue weighted by atomic mass is 9.95. The highest BCUT2D eigenvalue weighted by atomic mass is 35.5. The van der Waals surface area contributed by atoms with Gasteiger partial charge in [0.15, 0.2) is 0 Å². The number of amides is 3. The summed E-state index contributed by atoms with van der Waals surface area (Å²) in [5, 5.41) is 0.775. The van der Waals surface area contributed by atoms with Gasteiger partial charge in [0.1, 0.15) is 6.04 Å². The Kier molecular flexibility index (Phi) is 7.04. The quantitative estimate of drug-likeness (QED) is 0.684. The van der Waals surface area contributed by atoms with Crippen molar-refractivity contribution in [3.05, 3.63) is 33.8 Å². The van der Waals surface area contributed by atoms with Gasteiger partial charge in [-0.25, -0.2) is 0 Å². The summed E-state index contributed by atoms with van der Waals surface area (Å²) in [7, 11) is 0. The molecule has 7 nitrogen and oxygen atoms in total. The van der Waals surface area contributed by atoms with Crippen LogP contribution in [0.5, 0.6) is 0 Å². The molecule has 0 aliphatic carbocycles. The lowest BCUT2D eigenvalue weighted by molar-refractivity contribution is -0.145. The third-order valence-electron chi connectivity index (χ3n) is 6.31. The molecule has 2 atom stereocenters. The fourth-order valence-electron chi connectivity index (χ4n) is 4.74. The van der Waals surface area contributed by atoms with E-state index in [0.29, 0.717) is 68.0 Å². The number of piperidine rings is 1. The third kappa shape index (κ3) is 4.99. The molecule has 3 amide bonds. The van der Waals surface area contributed by atoms with Crippen LogP contribution in [0.3, 0.4) is 0 Å². The molecule has 0 spiro atoms. The van der Waals surface area contributed by atoms with E-state index in [4.69, 9.17) is 27.9 Å². The Morgan fingerprint density at radius 2 is 1.52 bits per heavy atom. The summed E-state index contributed by atoms with van der Waals surface area (Å²) in [5.74, 6) is -0.390. The molecule has 3 aliphatic heterocycles. The maximum Gasteiger partial charge on any atom is 0.254 e. The number of carbonyl (C=O) groups excluding carboxylic acids is 3. The highest BCUT2D eigenvalue weighted by Gasteiger charge is 2.39. The van der Waals surface area contributed by atoms with Crippen LogP contribution < -0.4 is 0 Å². The van der Waals surface area contributed by atoms with Crippen LogP contribution in [0.4, 0.5) is 0 Å². The van der Waals surface area contributed by atoms with Crippen LogP contribution in [0, 0.1) is 5.92 Å². The number of likely N-dealkylation sites (tertiary alicyclic amines) is 2. The Balaban J connectivity index is 1.43. The smallest absolute Gasteiger partial charge is 0.254 e. The average molecular weight is 468 g/mol. The fourth-order valence-corrected chi connectivity index (χ4v) is 5.27. The number of nitrogens with zero attached hydrogens (tertiary/aromatic N) is 3. The van der Waals surface area contributed by atoms with Crippen molar-refractivity contribution in [3.8, 4) is 0 Å². The van der Waals surface area contributed by atoms with E-state index in [-0.39, 0.29) is 23.6 Å². The van der Waals surface area contributed by atoms with E-state index in [0.717, 1.165) is 19.3 Å². The van der Waals surface area contributed by atoms with Crippen molar-refractivity contribution in [2.24, 2.45) is 5.92 Å². The molecule has 0 N–H and O–H groups in total. The van der Waals surface area contributed by atoms with Crippen molar-refractivity contribution in [1.82, 2.24) is 14.7 Å². The molecule has 168 valence electrons. The van der Waals surface area contributed by atoms with Gasteiger partial charge in [-0.3, -0.25) is 14.4 Å². The van der Waals surface area contributed by atoms with Gasteiger partial charge in [-0.05, 0) is 43.9 Å². The van der Waals surface area contributed by atoms with Gasteiger partial charge >= 0.3 is 0 Å². The van der Waals surface area contributed by atoms with Crippen LogP contribution in [-0.4, -0.2) is 84.4 Å². The molecule has 3 saturated heterocycles. The van der Waals surface area contributed by atoms with Gasteiger partial charge in [-0.15, -0.1) is 0 Å². The average Bonchev–Trinajstić information content (AvgIpc) is 3.27. The van der Waals surface area contributed by atoms with Crippen molar-refractivity contribution in [2.45, 2.75) is 31.7 Å². The lowest BCUT2D eigenvalue weighted by Gasteiger charge is -2.38. The first-order valence-electron chi connectivity index (χ1n) is 10.9. The van der Waals surface area contributed by atoms with Crippen LogP contribution in [0.2, 0.25) is 10.0 Å². The predicted molar refractivity (Wildman–Crippen MR) is 117 cm³/mol. The lowest BCUT2D eigenvalue weighted by Crippen LogP contribution is -2.53. The minimum atomic E-state index is -0.512. The van der Waals surface area contributed by atoms with Crippen LogP contribution in [0.1, 0.15) is 36.0 Å². The highest BCUT2D eigenvalue weighted by Crippen LogP contribution is 2.27. The number of ether oxygens (including phenoxy) is 1. The zero-order chi connectivity index (χ0) is 22.0. The molecule has 3 heterocycles. The molecule has 3 fully saturated rings. The first-order chi connectivity index (χ1) is 14.9. The summed E-state index contributed by atoms with van der Waals surface area (Å²) < 4.78 is 5.34. The number of hydrogen-bond acceptors (Lipinski definition) is 4. The van der Waals surface area contributed by atoms with Gasteiger partial charge in [-0.1, -0.05) is 23.2 Å². The Bertz CT molecular complexity index is 839. The van der Waals surface area contributed by atoms with E-state index in [1.54, 1.807) is 28.0 Å². The molecule has 0 bridgehead atoms. The molecule has 9 heteroatoms. The van der Waals surface area contributed by atoms with Gasteiger partial charge < -0.3 is 19.4 Å². The SMILES string of the molecule is O=C(C1CCCN(C(=O)C2CCCN2C(=O)c2cc(Cl)cc(Cl)c2)C1)N1CCOCC1. The topological polar surface area (TPSA) is 70.2 Å². The van der Waals surface area contributed by atoms with Crippen LogP contribution in [0.15, 0.2) is 18.2 Å². The molecule has 1 aromatic rings. The van der Waals surface area contributed by atoms with E-state index in [9.17, 15) is 14.4 Å².